The Kier molecular flexibility index (Phi) is 6.00. The second kappa shape index (κ2) is 8.41. The number of nitrogens with zero attached hydrogens (tertiary/aromatic N) is 1. The van der Waals surface area contributed by atoms with Crippen molar-refractivity contribution in [1.82, 2.24) is 0 Å². The minimum Gasteiger partial charge on any atom is -0.345 e. The van der Waals surface area contributed by atoms with Crippen LogP contribution in [0.4, 0.5) is 0 Å². The van der Waals surface area contributed by atoms with Crippen molar-refractivity contribution < 1.29 is 14.0 Å². The molecule has 2 unspecified atom stereocenters. The number of aryl methyl sites for hydroxylation is 1. The van der Waals surface area contributed by atoms with Gasteiger partial charge in [-0.15, -0.1) is 0 Å². The third kappa shape index (κ3) is 4.77. The molecule has 2 aromatic rings. The Labute approximate surface area is 150 Å². The summed E-state index contributed by atoms with van der Waals surface area (Å²) < 4.78 is 14.2. The van der Waals surface area contributed by atoms with Gasteiger partial charge in [-0.1, -0.05) is 50.3 Å². The summed E-state index contributed by atoms with van der Waals surface area (Å²) in [5.74, 6) is 0. The Hall–Kier alpha value is -1.97. The van der Waals surface area contributed by atoms with Gasteiger partial charge >= 0.3 is 0 Å². The molecule has 1 aromatic carbocycles. The molecule has 0 saturated carbocycles. The van der Waals surface area contributed by atoms with Gasteiger partial charge in [0.1, 0.15) is 7.05 Å². The van der Waals surface area contributed by atoms with Gasteiger partial charge in [-0.2, -0.15) is 0 Å². The van der Waals surface area contributed by atoms with Crippen molar-refractivity contribution in [2.45, 2.75) is 51.6 Å². The van der Waals surface area contributed by atoms with Crippen molar-refractivity contribution in [3.63, 3.8) is 0 Å². The molecule has 132 valence electrons. The average molecular weight is 338 g/mol. The molecule has 1 aliphatic rings. The van der Waals surface area contributed by atoms with Crippen molar-refractivity contribution in [1.29, 1.82) is 0 Å². The molecule has 1 aliphatic heterocycles. The highest BCUT2D eigenvalue weighted by atomic mass is 16.7. The predicted molar refractivity (Wildman–Crippen MR) is 101 cm³/mol. The molecule has 1 saturated heterocycles. The lowest BCUT2D eigenvalue weighted by molar-refractivity contribution is -0.671. The molecule has 0 amide bonds. The van der Waals surface area contributed by atoms with Gasteiger partial charge in [-0.05, 0) is 24.0 Å². The van der Waals surface area contributed by atoms with E-state index in [-0.39, 0.29) is 6.29 Å². The van der Waals surface area contributed by atoms with Crippen LogP contribution >= 0.6 is 0 Å². The summed E-state index contributed by atoms with van der Waals surface area (Å²) in [6, 6.07) is 12.7. The summed E-state index contributed by atoms with van der Waals surface area (Å²) in [6.07, 6.45) is 11.8. The van der Waals surface area contributed by atoms with Crippen LogP contribution in [0.15, 0.2) is 48.8 Å². The molecule has 2 heterocycles. The first-order valence-corrected chi connectivity index (χ1v) is 9.22. The van der Waals surface area contributed by atoms with Crippen LogP contribution < -0.4 is 4.57 Å². The smallest absolute Gasteiger partial charge is 0.184 e. The largest absolute Gasteiger partial charge is 0.345 e. The van der Waals surface area contributed by atoms with E-state index in [1.165, 1.54) is 11.1 Å². The summed E-state index contributed by atoms with van der Waals surface area (Å²) in [5, 5.41) is 0. The van der Waals surface area contributed by atoms with Crippen LogP contribution in [0.1, 0.15) is 56.1 Å². The molecule has 0 N–H and O–H groups in total. The molecule has 25 heavy (non-hydrogen) atoms. The number of ether oxygens (including phenoxy) is 2. The molecule has 3 heteroatoms. The minimum atomic E-state index is -0.240. The summed E-state index contributed by atoms with van der Waals surface area (Å²) in [7, 11) is 2.02. The summed E-state index contributed by atoms with van der Waals surface area (Å²) >= 11 is 0. The van der Waals surface area contributed by atoms with Gasteiger partial charge in [0.05, 0.1) is 12.2 Å². The monoisotopic (exact) mass is 338 g/mol. The highest BCUT2D eigenvalue weighted by molar-refractivity contribution is 5.69. The maximum absolute atomic E-state index is 6.09. The number of rotatable bonds is 5. The van der Waals surface area contributed by atoms with E-state index in [2.05, 4.69) is 74.8 Å². The van der Waals surface area contributed by atoms with E-state index < -0.39 is 0 Å². The molecule has 3 nitrogen and oxygen atoms in total. The van der Waals surface area contributed by atoms with Crippen LogP contribution in [0.5, 0.6) is 0 Å². The van der Waals surface area contributed by atoms with Gasteiger partial charge in [0.25, 0.3) is 0 Å². The lowest BCUT2D eigenvalue weighted by atomic mass is 10.0. The van der Waals surface area contributed by atoms with Crippen LogP contribution in [-0.2, 0) is 16.5 Å². The summed E-state index contributed by atoms with van der Waals surface area (Å²) in [4.78, 5) is 0. The van der Waals surface area contributed by atoms with Crippen molar-refractivity contribution in [3.8, 4) is 0 Å². The Balaban J connectivity index is 1.68. The zero-order valence-electron chi connectivity index (χ0n) is 15.4. The van der Waals surface area contributed by atoms with Gasteiger partial charge < -0.3 is 9.47 Å². The number of aromatic nitrogens is 1. The SMILES string of the molecule is CCC1CC(CC)OC(c2ccc(/C=C/c3cc[n+](C)cc3)cc2)O1. The maximum Gasteiger partial charge on any atom is 0.184 e. The van der Waals surface area contributed by atoms with Crippen LogP contribution in [0.2, 0.25) is 0 Å². The number of pyridine rings is 1. The molecule has 1 aromatic heterocycles. The standard InChI is InChI=1S/C22H28NO2/c1-4-20-16-21(5-2)25-22(24-20)19-10-8-17(9-11-19)6-7-18-12-14-23(3)15-13-18/h6-15,20-22H,4-5,16H2,1-3H3/q+1/b7-6+. The lowest BCUT2D eigenvalue weighted by Crippen LogP contribution is -2.33. The highest BCUT2D eigenvalue weighted by Gasteiger charge is 2.29. The van der Waals surface area contributed by atoms with Crippen molar-refractivity contribution in [3.05, 3.63) is 65.5 Å². The topological polar surface area (TPSA) is 22.3 Å². The van der Waals surface area contributed by atoms with Gasteiger partial charge in [-0.3, -0.25) is 0 Å². The molecule has 1 fully saturated rings. The maximum atomic E-state index is 6.09. The third-order valence-corrected chi connectivity index (χ3v) is 4.75. The van der Waals surface area contributed by atoms with E-state index >= 15 is 0 Å². The fourth-order valence-electron chi connectivity index (χ4n) is 3.05. The molecular formula is C22H28NO2+. The lowest BCUT2D eigenvalue weighted by Gasteiger charge is -2.35. The Morgan fingerprint density at radius 3 is 1.92 bits per heavy atom. The van der Waals surface area contributed by atoms with Crippen LogP contribution in [0.25, 0.3) is 12.2 Å². The zero-order valence-corrected chi connectivity index (χ0v) is 15.4. The molecule has 0 radical (unpaired) electrons. The summed E-state index contributed by atoms with van der Waals surface area (Å²) in [6.45, 7) is 4.36. The first-order chi connectivity index (χ1) is 12.2. The molecule has 0 bridgehead atoms. The van der Waals surface area contributed by atoms with Gasteiger partial charge in [0, 0.05) is 24.1 Å². The zero-order chi connectivity index (χ0) is 17.6. The van der Waals surface area contributed by atoms with Crippen LogP contribution in [0.3, 0.4) is 0 Å². The van der Waals surface area contributed by atoms with Crippen LogP contribution in [-0.4, -0.2) is 12.2 Å². The first-order valence-electron chi connectivity index (χ1n) is 9.22. The van der Waals surface area contributed by atoms with E-state index in [9.17, 15) is 0 Å². The quantitative estimate of drug-likeness (QED) is 0.739. The van der Waals surface area contributed by atoms with Crippen molar-refractivity contribution in [2.24, 2.45) is 7.05 Å². The number of hydrogen-bond donors (Lipinski definition) is 0. The third-order valence-electron chi connectivity index (χ3n) is 4.75. The Morgan fingerprint density at radius 2 is 1.40 bits per heavy atom. The minimum absolute atomic E-state index is 0.240. The Bertz CT molecular complexity index is 679. The van der Waals surface area contributed by atoms with E-state index in [0.29, 0.717) is 12.2 Å². The number of benzene rings is 1. The van der Waals surface area contributed by atoms with E-state index in [4.69, 9.17) is 9.47 Å². The first kappa shape index (κ1) is 17.8. The molecular weight excluding hydrogens is 310 g/mol. The highest BCUT2D eigenvalue weighted by Crippen LogP contribution is 2.32. The fourth-order valence-corrected chi connectivity index (χ4v) is 3.05. The van der Waals surface area contributed by atoms with Gasteiger partial charge in [-0.25, -0.2) is 4.57 Å². The van der Waals surface area contributed by atoms with E-state index in [0.717, 1.165) is 24.8 Å². The molecule has 0 spiro atoms. The normalized spacial score (nSPS) is 23.9. The average Bonchev–Trinajstić information content (AvgIpc) is 2.67. The Morgan fingerprint density at radius 1 is 0.880 bits per heavy atom. The second-order valence-corrected chi connectivity index (χ2v) is 6.70. The van der Waals surface area contributed by atoms with Gasteiger partial charge in [0.2, 0.25) is 0 Å². The molecule has 0 aliphatic carbocycles. The van der Waals surface area contributed by atoms with Crippen molar-refractivity contribution in [2.75, 3.05) is 0 Å². The predicted octanol–water partition coefficient (Wildman–Crippen LogP) is 4.67. The molecule has 3 rings (SSSR count). The van der Waals surface area contributed by atoms with Crippen molar-refractivity contribution >= 4 is 12.2 Å². The summed E-state index contributed by atoms with van der Waals surface area (Å²) in [5.41, 5.74) is 3.46. The van der Waals surface area contributed by atoms with Crippen LogP contribution in [0, 0.1) is 0 Å². The van der Waals surface area contributed by atoms with Gasteiger partial charge in [0.15, 0.2) is 18.7 Å². The number of hydrogen-bond acceptors (Lipinski definition) is 2. The second-order valence-electron chi connectivity index (χ2n) is 6.70. The fraction of sp³-hybridized carbons (Fsp3) is 0.409. The molecule has 2 atom stereocenters. The van der Waals surface area contributed by atoms with E-state index in [1.807, 2.05) is 11.6 Å². The van der Waals surface area contributed by atoms with E-state index in [1.54, 1.807) is 0 Å².